The zero-order valence-electron chi connectivity index (χ0n) is 8.29. The molecule has 0 rings (SSSR count). The number of rotatable bonds is 7. The Balaban J connectivity index is 4.47. The van der Waals surface area contributed by atoms with E-state index in [-0.39, 0.29) is 6.29 Å². The van der Waals surface area contributed by atoms with Crippen LogP contribution >= 0.6 is 0 Å². The van der Waals surface area contributed by atoms with Crippen molar-refractivity contribution in [3.63, 3.8) is 0 Å². The second kappa shape index (κ2) is 6.86. The molecule has 0 aromatic heterocycles. The Morgan fingerprint density at radius 3 is 1.62 bits per heavy atom. The van der Waals surface area contributed by atoms with Gasteiger partial charge in [0.15, 0.2) is 6.29 Å². The van der Waals surface area contributed by atoms with E-state index in [1.165, 1.54) is 0 Å². The number of carbonyl (C=O) groups excluding carboxylic acids is 1. The van der Waals surface area contributed by atoms with Gasteiger partial charge in [0.25, 0.3) is 0 Å². The molecule has 0 aromatic carbocycles. The molecular formula is C8H16O8. The molecule has 0 spiro atoms. The molecule has 8 nitrogen and oxygen atoms in total. The van der Waals surface area contributed by atoms with Crippen molar-refractivity contribution in [3.8, 4) is 0 Å². The molecule has 0 amide bonds. The number of hydrogen-bond donors (Lipinski definition) is 7. The van der Waals surface area contributed by atoms with Crippen molar-refractivity contribution in [2.24, 2.45) is 0 Å². The number of carbonyl (C=O) groups is 1. The highest BCUT2D eigenvalue weighted by Crippen LogP contribution is 2.10. The van der Waals surface area contributed by atoms with Gasteiger partial charge in [-0.25, -0.2) is 0 Å². The molecule has 0 fully saturated rings. The normalized spacial score (nSPS) is 22.9. The smallest absolute Gasteiger partial charge is 0.151 e. The van der Waals surface area contributed by atoms with E-state index in [1.807, 2.05) is 0 Å². The molecule has 0 aliphatic heterocycles. The van der Waals surface area contributed by atoms with Crippen LogP contribution < -0.4 is 0 Å². The highest BCUT2D eigenvalue weighted by Gasteiger charge is 2.36. The van der Waals surface area contributed by atoms with Gasteiger partial charge in [0, 0.05) is 0 Å². The average Bonchev–Trinajstić information content (AvgIpc) is 2.32. The Morgan fingerprint density at radius 1 is 0.812 bits per heavy atom. The molecule has 0 bridgehead atoms. The third kappa shape index (κ3) is 3.76. The van der Waals surface area contributed by atoms with Crippen molar-refractivity contribution in [3.05, 3.63) is 0 Å². The van der Waals surface area contributed by atoms with Crippen LogP contribution in [-0.4, -0.2) is 85.3 Å². The van der Waals surface area contributed by atoms with Crippen molar-refractivity contribution in [1.29, 1.82) is 0 Å². The van der Waals surface area contributed by atoms with E-state index in [9.17, 15) is 15.0 Å². The van der Waals surface area contributed by atoms with E-state index in [0.29, 0.717) is 0 Å². The third-order valence-electron chi connectivity index (χ3n) is 2.12. The van der Waals surface area contributed by atoms with Crippen molar-refractivity contribution in [1.82, 2.24) is 0 Å². The van der Waals surface area contributed by atoms with E-state index in [0.717, 1.165) is 0 Å². The largest absolute Gasteiger partial charge is 0.394 e. The summed E-state index contributed by atoms with van der Waals surface area (Å²) in [6.45, 7) is -0.864. The predicted octanol–water partition coefficient (Wildman–Crippen LogP) is -4.66. The van der Waals surface area contributed by atoms with E-state index >= 15 is 0 Å². The zero-order chi connectivity index (χ0) is 12.9. The molecule has 0 saturated heterocycles. The summed E-state index contributed by atoms with van der Waals surface area (Å²) >= 11 is 0. The van der Waals surface area contributed by atoms with Crippen LogP contribution in [0.2, 0.25) is 0 Å². The van der Waals surface area contributed by atoms with Gasteiger partial charge in [-0.2, -0.15) is 0 Å². The minimum atomic E-state index is -2.05. The SMILES string of the molecule is O=C[C@@H](O)[C@@H](O)[C@@H](O)[C@@H](O)[C@@H](O)[C@H](O)CO. The number of aliphatic hydroxyl groups excluding tert-OH is 7. The lowest BCUT2D eigenvalue weighted by atomic mass is 9.97. The van der Waals surface area contributed by atoms with Gasteiger partial charge in [0.1, 0.15) is 36.6 Å². The molecule has 16 heavy (non-hydrogen) atoms. The maximum atomic E-state index is 10.1. The second-order valence-electron chi connectivity index (χ2n) is 3.34. The summed E-state index contributed by atoms with van der Waals surface area (Å²) in [6.07, 6.45) is -11.7. The summed E-state index contributed by atoms with van der Waals surface area (Å²) in [5, 5.41) is 63.0. The first-order valence-electron chi connectivity index (χ1n) is 4.51. The predicted molar refractivity (Wildman–Crippen MR) is 49.2 cm³/mol. The highest BCUT2D eigenvalue weighted by molar-refractivity contribution is 5.56. The minimum Gasteiger partial charge on any atom is -0.394 e. The molecule has 8 heteroatoms. The molecule has 0 radical (unpaired) electrons. The topological polar surface area (TPSA) is 159 Å². The van der Waals surface area contributed by atoms with E-state index in [2.05, 4.69) is 0 Å². The zero-order valence-corrected chi connectivity index (χ0v) is 8.29. The van der Waals surface area contributed by atoms with E-state index in [1.54, 1.807) is 0 Å². The van der Waals surface area contributed by atoms with Crippen molar-refractivity contribution in [2.45, 2.75) is 36.6 Å². The molecule has 96 valence electrons. The molecule has 7 N–H and O–H groups in total. The summed E-state index contributed by atoms with van der Waals surface area (Å²) in [5.41, 5.74) is 0. The lowest BCUT2D eigenvalue weighted by Crippen LogP contribution is -2.53. The summed E-state index contributed by atoms with van der Waals surface area (Å²) in [6, 6.07) is 0. The molecule has 0 heterocycles. The second-order valence-corrected chi connectivity index (χ2v) is 3.34. The Labute approximate surface area is 91.0 Å². The number of hydrogen-bond acceptors (Lipinski definition) is 8. The monoisotopic (exact) mass is 240 g/mol. The quantitative estimate of drug-likeness (QED) is 0.219. The summed E-state index contributed by atoms with van der Waals surface area (Å²) < 4.78 is 0. The number of aliphatic hydroxyl groups is 7. The Morgan fingerprint density at radius 2 is 1.25 bits per heavy atom. The van der Waals surface area contributed by atoms with Gasteiger partial charge < -0.3 is 40.5 Å². The Hall–Kier alpha value is -0.610. The van der Waals surface area contributed by atoms with Gasteiger partial charge in [-0.15, -0.1) is 0 Å². The molecule has 6 atom stereocenters. The maximum absolute atomic E-state index is 10.1. The summed E-state index contributed by atoms with van der Waals surface area (Å²) in [7, 11) is 0. The van der Waals surface area contributed by atoms with Crippen LogP contribution in [0.4, 0.5) is 0 Å². The summed E-state index contributed by atoms with van der Waals surface area (Å²) in [5.74, 6) is 0. The molecular weight excluding hydrogens is 224 g/mol. The first kappa shape index (κ1) is 15.4. The molecule has 0 aliphatic carbocycles. The number of aldehydes is 1. The summed E-state index contributed by atoms with van der Waals surface area (Å²) in [4.78, 5) is 10.1. The molecule has 0 unspecified atom stereocenters. The maximum Gasteiger partial charge on any atom is 0.151 e. The fraction of sp³-hybridized carbons (Fsp3) is 0.875. The van der Waals surface area contributed by atoms with E-state index in [4.69, 9.17) is 25.5 Å². The fourth-order valence-electron chi connectivity index (χ4n) is 1.02. The standard InChI is InChI=1S/C8H16O8/c9-1-3(11)5(13)7(15)8(16)6(14)4(12)2-10/h1,3-8,10-16H,2H2/t3-,4-,5-,6+,7-,8+/m1/s1. The van der Waals surface area contributed by atoms with Crippen LogP contribution in [0.25, 0.3) is 0 Å². The molecule has 0 saturated carbocycles. The van der Waals surface area contributed by atoms with Gasteiger partial charge in [-0.1, -0.05) is 0 Å². The van der Waals surface area contributed by atoms with Gasteiger partial charge >= 0.3 is 0 Å². The van der Waals surface area contributed by atoms with Crippen LogP contribution in [0.5, 0.6) is 0 Å². The lowest BCUT2D eigenvalue weighted by molar-refractivity contribution is -0.159. The third-order valence-corrected chi connectivity index (χ3v) is 2.12. The fourth-order valence-corrected chi connectivity index (χ4v) is 1.02. The van der Waals surface area contributed by atoms with Crippen molar-refractivity contribution in [2.75, 3.05) is 6.61 Å². The first-order valence-corrected chi connectivity index (χ1v) is 4.51. The van der Waals surface area contributed by atoms with Gasteiger partial charge in [-0.3, -0.25) is 0 Å². The molecule has 0 aromatic rings. The van der Waals surface area contributed by atoms with E-state index < -0.39 is 43.2 Å². The van der Waals surface area contributed by atoms with Crippen molar-refractivity contribution >= 4 is 6.29 Å². The van der Waals surface area contributed by atoms with Gasteiger partial charge in [-0.05, 0) is 0 Å². The Bertz CT molecular complexity index is 210. The van der Waals surface area contributed by atoms with Gasteiger partial charge in [0.05, 0.1) is 6.61 Å². The highest BCUT2D eigenvalue weighted by atomic mass is 16.4. The first-order chi connectivity index (χ1) is 7.36. The van der Waals surface area contributed by atoms with Crippen LogP contribution in [0, 0.1) is 0 Å². The van der Waals surface area contributed by atoms with Crippen LogP contribution in [-0.2, 0) is 4.79 Å². The lowest BCUT2D eigenvalue weighted by Gasteiger charge is -2.29. The van der Waals surface area contributed by atoms with Gasteiger partial charge in [0.2, 0.25) is 0 Å². The average molecular weight is 240 g/mol. The Kier molecular flexibility index (Phi) is 6.60. The minimum absolute atomic E-state index is 0.0601. The van der Waals surface area contributed by atoms with Crippen molar-refractivity contribution < 1.29 is 40.5 Å². The van der Waals surface area contributed by atoms with Crippen LogP contribution in [0.3, 0.4) is 0 Å². The molecule has 0 aliphatic rings. The van der Waals surface area contributed by atoms with Crippen LogP contribution in [0.1, 0.15) is 0 Å². The van der Waals surface area contributed by atoms with Crippen LogP contribution in [0.15, 0.2) is 0 Å².